The standard InChI is InChI=1S/C14H16BrNO2/c15-10(12-6-3-4-8-17-12)9-14-16-11-5-1-2-7-13(11)18-14/h1-2,5,7,10,12H,3-4,6,8-9H2. The van der Waals surface area contributed by atoms with Crippen LogP contribution in [0.25, 0.3) is 11.1 Å². The summed E-state index contributed by atoms with van der Waals surface area (Å²) in [6.07, 6.45) is 4.61. The maximum absolute atomic E-state index is 5.77. The number of para-hydroxylation sites is 2. The van der Waals surface area contributed by atoms with Crippen molar-refractivity contribution in [1.29, 1.82) is 0 Å². The van der Waals surface area contributed by atoms with Crippen molar-refractivity contribution in [3.05, 3.63) is 30.2 Å². The maximum Gasteiger partial charge on any atom is 0.196 e. The smallest absolute Gasteiger partial charge is 0.196 e. The van der Waals surface area contributed by atoms with Gasteiger partial charge in [0.2, 0.25) is 0 Å². The first-order chi connectivity index (χ1) is 8.83. The Bertz CT molecular complexity index is 486. The highest BCUT2D eigenvalue weighted by atomic mass is 79.9. The molecule has 2 unspecified atom stereocenters. The lowest BCUT2D eigenvalue weighted by Gasteiger charge is -2.26. The molecule has 18 heavy (non-hydrogen) atoms. The highest BCUT2D eigenvalue weighted by Gasteiger charge is 2.24. The molecule has 0 saturated carbocycles. The van der Waals surface area contributed by atoms with Gasteiger partial charge >= 0.3 is 0 Å². The lowest BCUT2D eigenvalue weighted by atomic mass is 10.0. The average Bonchev–Trinajstić information content (AvgIpc) is 2.82. The van der Waals surface area contributed by atoms with Crippen LogP contribution < -0.4 is 0 Å². The first-order valence-electron chi connectivity index (χ1n) is 6.43. The van der Waals surface area contributed by atoms with Gasteiger partial charge in [-0.1, -0.05) is 28.1 Å². The SMILES string of the molecule is BrC(Cc1nc2ccccc2o1)C1CCCCO1. The Morgan fingerprint density at radius 2 is 2.22 bits per heavy atom. The molecule has 0 radical (unpaired) electrons. The Balaban J connectivity index is 1.71. The molecular formula is C14H16BrNO2. The molecule has 1 aliphatic rings. The summed E-state index contributed by atoms with van der Waals surface area (Å²) in [5.41, 5.74) is 1.79. The van der Waals surface area contributed by atoms with E-state index in [4.69, 9.17) is 9.15 Å². The molecule has 0 spiro atoms. The topological polar surface area (TPSA) is 35.3 Å². The van der Waals surface area contributed by atoms with Crippen LogP contribution in [0.2, 0.25) is 0 Å². The van der Waals surface area contributed by atoms with E-state index in [1.807, 2.05) is 24.3 Å². The Kier molecular flexibility index (Phi) is 3.66. The molecule has 1 aromatic carbocycles. The molecule has 3 rings (SSSR count). The van der Waals surface area contributed by atoms with Gasteiger partial charge in [-0.15, -0.1) is 0 Å². The van der Waals surface area contributed by atoms with Crippen LogP contribution in [0, 0.1) is 0 Å². The number of halogens is 1. The van der Waals surface area contributed by atoms with Crippen LogP contribution in [0.15, 0.2) is 28.7 Å². The van der Waals surface area contributed by atoms with Crippen LogP contribution >= 0.6 is 15.9 Å². The van der Waals surface area contributed by atoms with Gasteiger partial charge in [-0.05, 0) is 31.4 Å². The van der Waals surface area contributed by atoms with Crippen molar-refractivity contribution in [3.8, 4) is 0 Å². The normalized spacial score (nSPS) is 22.2. The molecular weight excluding hydrogens is 294 g/mol. The molecule has 1 fully saturated rings. The fourth-order valence-electron chi connectivity index (χ4n) is 2.36. The summed E-state index contributed by atoms with van der Waals surface area (Å²) in [6, 6.07) is 7.87. The Labute approximate surface area is 115 Å². The van der Waals surface area contributed by atoms with E-state index in [1.165, 1.54) is 12.8 Å². The molecule has 0 bridgehead atoms. The lowest BCUT2D eigenvalue weighted by Crippen LogP contribution is -2.29. The van der Waals surface area contributed by atoms with E-state index in [9.17, 15) is 0 Å². The van der Waals surface area contributed by atoms with Gasteiger partial charge in [-0.2, -0.15) is 0 Å². The van der Waals surface area contributed by atoms with Crippen LogP contribution in [0.4, 0.5) is 0 Å². The van der Waals surface area contributed by atoms with Gasteiger partial charge < -0.3 is 9.15 Å². The molecule has 2 heterocycles. The van der Waals surface area contributed by atoms with E-state index in [1.54, 1.807) is 0 Å². The summed E-state index contributed by atoms with van der Waals surface area (Å²) in [7, 11) is 0. The quantitative estimate of drug-likeness (QED) is 0.811. The minimum Gasteiger partial charge on any atom is -0.441 e. The summed E-state index contributed by atoms with van der Waals surface area (Å²) in [5.74, 6) is 0.784. The molecule has 0 N–H and O–H groups in total. The zero-order chi connectivity index (χ0) is 12.4. The van der Waals surface area contributed by atoms with Crippen molar-refractivity contribution < 1.29 is 9.15 Å². The zero-order valence-electron chi connectivity index (χ0n) is 10.1. The molecule has 2 atom stereocenters. The second kappa shape index (κ2) is 5.41. The van der Waals surface area contributed by atoms with Crippen molar-refractivity contribution in [3.63, 3.8) is 0 Å². The second-order valence-corrected chi connectivity index (χ2v) is 5.88. The van der Waals surface area contributed by atoms with E-state index in [0.717, 1.165) is 36.4 Å². The third kappa shape index (κ3) is 2.59. The van der Waals surface area contributed by atoms with E-state index in [2.05, 4.69) is 20.9 Å². The molecule has 1 aromatic heterocycles. The van der Waals surface area contributed by atoms with Crippen molar-refractivity contribution in [2.45, 2.75) is 36.6 Å². The summed E-state index contributed by atoms with van der Waals surface area (Å²) in [5, 5.41) is 0. The number of benzene rings is 1. The molecule has 4 heteroatoms. The summed E-state index contributed by atoms with van der Waals surface area (Å²) >= 11 is 3.71. The first-order valence-corrected chi connectivity index (χ1v) is 7.34. The van der Waals surface area contributed by atoms with Crippen molar-refractivity contribution in [2.75, 3.05) is 6.61 Å². The van der Waals surface area contributed by atoms with E-state index in [0.29, 0.717) is 0 Å². The average molecular weight is 310 g/mol. The minimum absolute atomic E-state index is 0.283. The Hall–Kier alpha value is -0.870. The van der Waals surface area contributed by atoms with Crippen LogP contribution in [-0.2, 0) is 11.2 Å². The molecule has 0 amide bonds. The van der Waals surface area contributed by atoms with Crippen molar-refractivity contribution in [1.82, 2.24) is 4.98 Å². The fourth-order valence-corrected chi connectivity index (χ4v) is 3.05. The predicted molar refractivity (Wildman–Crippen MR) is 74.0 cm³/mol. The van der Waals surface area contributed by atoms with E-state index < -0.39 is 0 Å². The van der Waals surface area contributed by atoms with Gasteiger partial charge in [-0.25, -0.2) is 4.98 Å². The summed E-state index contributed by atoms with van der Waals surface area (Å²) in [6.45, 7) is 0.875. The fraction of sp³-hybridized carbons (Fsp3) is 0.500. The Morgan fingerprint density at radius 1 is 1.33 bits per heavy atom. The molecule has 96 valence electrons. The molecule has 1 aliphatic heterocycles. The Morgan fingerprint density at radius 3 is 3.00 bits per heavy atom. The number of oxazole rings is 1. The van der Waals surface area contributed by atoms with Gasteiger partial charge in [-0.3, -0.25) is 0 Å². The number of alkyl halides is 1. The molecule has 2 aromatic rings. The van der Waals surface area contributed by atoms with Crippen molar-refractivity contribution >= 4 is 27.0 Å². The number of aromatic nitrogens is 1. The number of fused-ring (bicyclic) bond motifs is 1. The highest BCUT2D eigenvalue weighted by Crippen LogP contribution is 2.24. The second-order valence-electron chi connectivity index (χ2n) is 4.70. The third-order valence-corrected chi connectivity index (χ3v) is 4.24. The third-order valence-electron chi connectivity index (χ3n) is 3.33. The first kappa shape index (κ1) is 12.2. The van der Waals surface area contributed by atoms with E-state index in [-0.39, 0.29) is 10.9 Å². The summed E-state index contributed by atoms with van der Waals surface area (Å²) in [4.78, 5) is 4.78. The van der Waals surface area contributed by atoms with Crippen molar-refractivity contribution in [2.24, 2.45) is 0 Å². The van der Waals surface area contributed by atoms with Gasteiger partial charge in [0.25, 0.3) is 0 Å². The number of ether oxygens (including phenoxy) is 1. The van der Waals surface area contributed by atoms with Gasteiger partial charge in [0.05, 0.1) is 6.10 Å². The van der Waals surface area contributed by atoms with Gasteiger partial charge in [0.1, 0.15) is 5.52 Å². The lowest BCUT2D eigenvalue weighted by molar-refractivity contribution is 0.0156. The molecule has 1 saturated heterocycles. The maximum atomic E-state index is 5.77. The number of nitrogens with zero attached hydrogens (tertiary/aromatic N) is 1. The number of hydrogen-bond donors (Lipinski definition) is 0. The predicted octanol–water partition coefficient (Wildman–Crippen LogP) is 3.70. The van der Waals surface area contributed by atoms with Crippen LogP contribution in [0.3, 0.4) is 0 Å². The monoisotopic (exact) mass is 309 g/mol. The molecule has 3 nitrogen and oxygen atoms in total. The zero-order valence-corrected chi connectivity index (χ0v) is 11.7. The van der Waals surface area contributed by atoms with Crippen LogP contribution in [0.1, 0.15) is 25.2 Å². The largest absolute Gasteiger partial charge is 0.441 e. The van der Waals surface area contributed by atoms with Crippen LogP contribution in [0.5, 0.6) is 0 Å². The minimum atomic E-state index is 0.283. The summed E-state index contributed by atoms with van der Waals surface area (Å²) < 4.78 is 11.5. The molecule has 0 aliphatic carbocycles. The van der Waals surface area contributed by atoms with Gasteiger partial charge in [0.15, 0.2) is 11.5 Å². The van der Waals surface area contributed by atoms with Gasteiger partial charge in [0, 0.05) is 17.9 Å². The van der Waals surface area contributed by atoms with Crippen LogP contribution in [-0.4, -0.2) is 22.5 Å². The van der Waals surface area contributed by atoms with E-state index >= 15 is 0 Å². The number of rotatable bonds is 3. The highest BCUT2D eigenvalue weighted by molar-refractivity contribution is 9.09. The number of hydrogen-bond acceptors (Lipinski definition) is 3.